The van der Waals surface area contributed by atoms with Gasteiger partial charge in [0.15, 0.2) is 5.78 Å². The Morgan fingerprint density at radius 1 is 1.07 bits per heavy atom. The van der Waals surface area contributed by atoms with E-state index in [9.17, 15) is 9.59 Å². The molecule has 1 N–H and O–H groups in total. The van der Waals surface area contributed by atoms with Crippen molar-refractivity contribution < 1.29 is 14.3 Å². The lowest BCUT2D eigenvalue weighted by Gasteiger charge is -2.33. The Morgan fingerprint density at radius 2 is 1.83 bits per heavy atom. The number of ether oxygens (including phenoxy) is 1. The number of hydrogen-bond donors (Lipinski definition) is 1. The summed E-state index contributed by atoms with van der Waals surface area (Å²) in [4.78, 5) is 27.0. The van der Waals surface area contributed by atoms with E-state index in [0.29, 0.717) is 11.3 Å². The molecule has 3 rings (SSSR count). The molecule has 0 bridgehead atoms. The van der Waals surface area contributed by atoms with Gasteiger partial charge in [0.1, 0.15) is 5.75 Å². The molecule has 0 unspecified atom stereocenters. The van der Waals surface area contributed by atoms with E-state index in [4.69, 9.17) is 4.74 Å². The first-order chi connectivity index (χ1) is 14.1. The minimum Gasteiger partial charge on any atom is -0.497 e. The summed E-state index contributed by atoms with van der Waals surface area (Å²) in [5.74, 6) is 0.658. The molecule has 0 radical (unpaired) electrons. The van der Waals surface area contributed by atoms with Gasteiger partial charge in [-0.1, -0.05) is 30.3 Å². The molecule has 1 saturated heterocycles. The van der Waals surface area contributed by atoms with Crippen molar-refractivity contribution in [2.24, 2.45) is 0 Å². The van der Waals surface area contributed by atoms with Crippen LogP contribution in [-0.4, -0.2) is 49.4 Å². The number of methoxy groups -OCH3 is 1. The number of nitrogens with one attached hydrogen (secondary N) is 1. The van der Waals surface area contributed by atoms with Crippen molar-refractivity contribution in [3.63, 3.8) is 0 Å². The standard InChI is InChI=1S/C24H30N2O3/c1-29-22-11-9-20(10-12-22)23(27)13-14-24(28)25-21-8-5-16-26(18-21)17-15-19-6-3-2-4-7-19/h2-4,6-7,9-12,21H,5,8,13-18H2,1H3,(H,25,28)/t21-/m0/s1. The van der Waals surface area contributed by atoms with Crippen molar-refractivity contribution in [2.45, 2.75) is 38.1 Å². The number of ketones is 1. The average Bonchev–Trinajstić information content (AvgIpc) is 2.77. The molecule has 2 aromatic carbocycles. The zero-order valence-corrected chi connectivity index (χ0v) is 17.1. The molecule has 0 aromatic heterocycles. The summed E-state index contributed by atoms with van der Waals surface area (Å²) in [5, 5.41) is 3.12. The molecular formula is C24H30N2O3. The van der Waals surface area contributed by atoms with Gasteiger partial charge in [0.05, 0.1) is 7.11 Å². The molecule has 1 aliphatic heterocycles. The van der Waals surface area contributed by atoms with Gasteiger partial charge in [0, 0.05) is 37.5 Å². The summed E-state index contributed by atoms with van der Waals surface area (Å²) < 4.78 is 5.10. The van der Waals surface area contributed by atoms with Crippen molar-refractivity contribution in [1.29, 1.82) is 0 Å². The number of likely N-dealkylation sites (tertiary alicyclic amines) is 1. The molecule has 2 aromatic rings. The second-order valence-electron chi connectivity index (χ2n) is 7.59. The average molecular weight is 395 g/mol. The van der Waals surface area contributed by atoms with Crippen molar-refractivity contribution in [3.8, 4) is 5.75 Å². The van der Waals surface area contributed by atoms with E-state index in [1.165, 1.54) is 5.56 Å². The number of amides is 1. The Kier molecular flexibility index (Phi) is 7.82. The molecular weight excluding hydrogens is 364 g/mol. The number of benzene rings is 2. The van der Waals surface area contributed by atoms with E-state index < -0.39 is 0 Å². The Labute approximate surface area is 173 Å². The summed E-state index contributed by atoms with van der Waals surface area (Å²) in [5.41, 5.74) is 1.96. The fraction of sp³-hybridized carbons (Fsp3) is 0.417. The molecule has 1 fully saturated rings. The zero-order chi connectivity index (χ0) is 20.5. The van der Waals surface area contributed by atoms with Gasteiger partial charge in [0.2, 0.25) is 5.91 Å². The minimum absolute atomic E-state index is 0.0177. The van der Waals surface area contributed by atoms with Gasteiger partial charge in [-0.3, -0.25) is 9.59 Å². The number of nitrogens with zero attached hydrogens (tertiary/aromatic N) is 1. The molecule has 0 aliphatic carbocycles. The largest absolute Gasteiger partial charge is 0.497 e. The van der Waals surface area contributed by atoms with Crippen LogP contribution in [-0.2, 0) is 11.2 Å². The highest BCUT2D eigenvalue weighted by Gasteiger charge is 2.21. The van der Waals surface area contributed by atoms with E-state index in [2.05, 4.69) is 34.5 Å². The third kappa shape index (κ3) is 6.71. The highest BCUT2D eigenvalue weighted by molar-refractivity contribution is 5.98. The third-order valence-corrected chi connectivity index (χ3v) is 5.42. The third-order valence-electron chi connectivity index (χ3n) is 5.42. The number of Topliss-reactive ketones (excluding diaryl/α,β-unsaturated/α-hetero) is 1. The maximum atomic E-state index is 12.3. The molecule has 154 valence electrons. The summed E-state index contributed by atoms with van der Waals surface area (Å²) in [6.07, 6.45) is 3.57. The van der Waals surface area contributed by atoms with Crippen LogP contribution in [0.3, 0.4) is 0 Å². The second kappa shape index (κ2) is 10.8. The molecule has 29 heavy (non-hydrogen) atoms. The molecule has 0 spiro atoms. The second-order valence-corrected chi connectivity index (χ2v) is 7.59. The van der Waals surface area contributed by atoms with Gasteiger partial charge in [-0.25, -0.2) is 0 Å². The SMILES string of the molecule is COc1ccc(C(=O)CCC(=O)N[C@H]2CCCN(CCc3ccccc3)C2)cc1. The van der Waals surface area contributed by atoms with Crippen LogP contribution >= 0.6 is 0 Å². The van der Waals surface area contributed by atoms with E-state index in [0.717, 1.165) is 38.9 Å². The first-order valence-corrected chi connectivity index (χ1v) is 10.4. The molecule has 1 amide bonds. The summed E-state index contributed by atoms with van der Waals surface area (Å²) in [7, 11) is 1.59. The normalized spacial score (nSPS) is 16.9. The van der Waals surface area contributed by atoms with Crippen LogP contribution < -0.4 is 10.1 Å². The highest BCUT2D eigenvalue weighted by atomic mass is 16.5. The highest BCUT2D eigenvalue weighted by Crippen LogP contribution is 2.14. The fourth-order valence-corrected chi connectivity index (χ4v) is 3.76. The van der Waals surface area contributed by atoms with Crippen LogP contribution in [0.4, 0.5) is 0 Å². The van der Waals surface area contributed by atoms with Gasteiger partial charge in [-0.2, -0.15) is 0 Å². The lowest BCUT2D eigenvalue weighted by molar-refractivity contribution is -0.122. The van der Waals surface area contributed by atoms with E-state index >= 15 is 0 Å². The quantitative estimate of drug-likeness (QED) is 0.662. The van der Waals surface area contributed by atoms with Gasteiger partial charge in [0.25, 0.3) is 0 Å². The Hall–Kier alpha value is -2.66. The summed E-state index contributed by atoms with van der Waals surface area (Å²) in [6.45, 7) is 2.96. The Morgan fingerprint density at radius 3 is 2.55 bits per heavy atom. The number of piperidine rings is 1. The molecule has 5 nitrogen and oxygen atoms in total. The first kappa shape index (κ1) is 21.1. The number of carbonyl (C=O) groups is 2. The topological polar surface area (TPSA) is 58.6 Å². The van der Waals surface area contributed by atoms with Crippen molar-refractivity contribution >= 4 is 11.7 Å². The predicted molar refractivity (Wildman–Crippen MR) is 114 cm³/mol. The summed E-state index contributed by atoms with van der Waals surface area (Å²) >= 11 is 0. The maximum absolute atomic E-state index is 12.3. The van der Waals surface area contributed by atoms with Crippen LogP contribution in [0.1, 0.15) is 41.6 Å². The molecule has 1 heterocycles. The van der Waals surface area contributed by atoms with Crippen LogP contribution in [0.5, 0.6) is 5.75 Å². The van der Waals surface area contributed by atoms with Crippen molar-refractivity contribution in [1.82, 2.24) is 10.2 Å². The van der Waals surface area contributed by atoms with E-state index in [1.807, 2.05) is 6.07 Å². The molecule has 5 heteroatoms. The van der Waals surface area contributed by atoms with E-state index in [-0.39, 0.29) is 30.6 Å². The zero-order valence-electron chi connectivity index (χ0n) is 17.1. The lowest BCUT2D eigenvalue weighted by Crippen LogP contribution is -2.48. The van der Waals surface area contributed by atoms with Crippen molar-refractivity contribution in [2.75, 3.05) is 26.7 Å². The smallest absolute Gasteiger partial charge is 0.220 e. The Bertz CT molecular complexity index is 790. The fourth-order valence-electron chi connectivity index (χ4n) is 3.76. The van der Waals surface area contributed by atoms with Crippen LogP contribution in [0, 0.1) is 0 Å². The van der Waals surface area contributed by atoms with Crippen LogP contribution in [0.2, 0.25) is 0 Å². The number of carbonyl (C=O) groups excluding carboxylic acids is 2. The van der Waals surface area contributed by atoms with Gasteiger partial charge in [-0.05, 0) is 55.6 Å². The summed E-state index contributed by atoms with van der Waals surface area (Å²) in [6, 6.07) is 17.7. The molecule has 1 aliphatic rings. The number of rotatable bonds is 9. The monoisotopic (exact) mass is 394 g/mol. The number of hydrogen-bond acceptors (Lipinski definition) is 4. The van der Waals surface area contributed by atoms with Gasteiger partial charge < -0.3 is 15.0 Å². The molecule has 0 saturated carbocycles. The Balaban J connectivity index is 1.39. The van der Waals surface area contributed by atoms with Crippen LogP contribution in [0.15, 0.2) is 54.6 Å². The van der Waals surface area contributed by atoms with Gasteiger partial charge >= 0.3 is 0 Å². The predicted octanol–water partition coefficient (Wildman–Crippen LogP) is 3.48. The van der Waals surface area contributed by atoms with E-state index in [1.54, 1.807) is 31.4 Å². The van der Waals surface area contributed by atoms with Gasteiger partial charge in [-0.15, -0.1) is 0 Å². The first-order valence-electron chi connectivity index (χ1n) is 10.4. The molecule has 1 atom stereocenters. The van der Waals surface area contributed by atoms with Crippen LogP contribution in [0.25, 0.3) is 0 Å². The maximum Gasteiger partial charge on any atom is 0.220 e. The minimum atomic E-state index is -0.0400. The lowest BCUT2D eigenvalue weighted by atomic mass is 10.0. The van der Waals surface area contributed by atoms with Crippen molar-refractivity contribution in [3.05, 3.63) is 65.7 Å².